The molecule has 0 spiro atoms. The zero-order valence-corrected chi connectivity index (χ0v) is 24.4. The molecule has 1 saturated heterocycles. The molecule has 1 aliphatic heterocycles. The average molecular weight is 616 g/mol. The number of rotatable bonds is 11. The van der Waals surface area contributed by atoms with Gasteiger partial charge in [0.2, 0.25) is 9.84 Å². The number of carbonyl (C=O) groups is 1. The summed E-state index contributed by atoms with van der Waals surface area (Å²) in [5.41, 5.74) is 2.62. The van der Waals surface area contributed by atoms with Crippen molar-refractivity contribution in [1.82, 2.24) is 10.2 Å². The summed E-state index contributed by atoms with van der Waals surface area (Å²) in [7, 11) is -3.66. The molecule has 2 atom stereocenters. The Bertz CT molecular complexity index is 1320. The highest BCUT2D eigenvalue weighted by Crippen LogP contribution is 2.24. The number of likely N-dealkylation sites (tertiary alicyclic amines) is 1. The van der Waals surface area contributed by atoms with Crippen LogP contribution >= 0.6 is 36.4 Å². The lowest BCUT2D eigenvalue weighted by Crippen LogP contribution is -2.35. The van der Waals surface area contributed by atoms with Crippen molar-refractivity contribution in [3.8, 4) is 0 Å². The van der Waals surface area contributed by atoms with Crippen LogP contribution in [0.1, 0.15) is 35.6 Å². The van der Waals surface area contributed by atoms with Gasteiger partial charge in [-0.05, 0) is 85.4 Å². The van der Waals surface area contributed by atoms with Crippen LogP contribution in [0.15, 0.2) is 82.6 Å². The Morgan fingerprint density at radius 3 is 2.21 bits per heavy atom. The summed E-state index contributed by atoms with van der Waals surface area (Å²) in [5, 5.41) is 23.4. The zero-order valence-electron chi connectivity index (χ0n) is 21.2. The van der Waals surface area contributed by atoms with E-state index < -0.39 is 28.0 Å². The predicted octanol–water partition coefficient (Wildman–Crippen LogP) is 4.93. The standard InChI is InChI=1S/C28H31ClN2O5S.2ClH/c29-23-4-1-3-22(17-23)27(32)18-30-15-14-20-6-10-24(11-7-20)37(35,36)25-12-8-21(9-13-25)19-31-16-2-5-26(31)28(33)34;;/h1,3-4,6-13,17,26-27,30,32H,2,5,14-16,18-19H2,(H,33,34);2*1H/t26-,27-;;/m0../s1. The minimum atomic E-state index is -3.66. The van der Waals surface area contributed by atoms with E-state index >= 15 is 0 Å². The van der Waals surface area contributed by atoms with Gasteiger partial charge < -0.3 is 15.5 Å². The summed E-state index contributed by atoms with van der Waals surface area (Å²) in [6, 6.07) is 20.1. The Kier molecular flexibility index (Phi) is 12.7. The van der Waals surface area contributed by atoms with Gasteiger partial charge in [-0.1, -0.05) is 48.0 Å². The van der Waals surface area contributed by atoms with Crippen molar-refractivity contribution >= 4 is 52.2 Å². The van der Waals surface area contributed by atoms with Crippen LogP contribution in [0.5, 0.6) is 0 Å². The maximum Gasteiger partial charge on any atom is 0.320 e. The number of nitrogens with zero attached hydrogens (tertiary/aromatic N) is 1. The molecule has 1 heterocycles. The summed E-state index contributed by atoms with van der Waals surface area (Å²) in [4.78, 5) is 13.7. The smallest absolute Gasteiger partial charge is 0.320 e. The predicted molar refractivity (Wildman–Crippen MR) is 157 cm³/mol. The molecule has 0 aliphatic carbocycles. The van der Waals surface area contributed by atoms with Crippen molar-refractivity contribution < 1.29 is 23.4 Å². The first-order chi connectivity index (χ1) is 17.7. The van der Waals surface area contributed by atoms with Gasteiger partial charge in [0, 0.05) is 18.1 Å². The van der Waals surface area contributed by atoms with Gasteiger partial charge in [0.05, 0.1) is 15.9 Å². The SMILES string of the molecule is Cl.Cl.O=C(O)[C@@H]1CCCN1Cc1ccc(S(=O)(=O)c2ccc(CCNC[C@H](O)c3cccc(Cl)c3)cc2)cc1. The largest absolute Gasteiger partial charge is 0.480 e. The van der Waals surface area contributed by atoms with Crippen molar-refractivity contribution in [3.63, 3.8) is 0 Å². The summed E-state index contributed by atoms with van der Waals surface area (Å²) in [6.07, 6.45) is 1.51. The second kappa shape index (κ2) is 15.0. The molecule has 0 aromatic heterocycles. The molecule has 3 aromatic rings. The lowest BCUT2D eigenvalue weighted by Gasteiger charge is -2.21. The maximum absolute atomic E-state index is 13.1. The quantitative estimate of drug-likeness (QED) is 0.263. The highest BCUT2D eigenvalue weighted by Gasteiger charge is 2.30. The van der Waals surface area contributed by atoms with Gasteiger partial charge >= 0.3 is 5.97 Å². The molecule has 1 fully saturated rings. The highest BCUT2D eigenvalue weighted by molar-refractivity contribution is 7.91. The van der Waals surface area contributed by atoms with Gasteiger partial charge in [-0.3, -0.25) is 9.69 Å². The number of benzene rings is 3. The minimum absolute atomic E-state index is 0. The van der Waals surface area contributed by atoms with E-state index in [1.165, 1.54) is 0 Å². The first kappa shape index (κ1) is 33.0. The number of aliphatic hydroxyl groups is 1. The van der Waals surface area contributed by atoms with Gasteiger partial charge in [0.1, 0.15) is 6.04 Å². The Balaban J connectivity index is 0.00000267. The van der Waals surface area contributed by atoms with Crippen molar-refractivity contribution in [2.45, 2.75) is 47.7 Å². The molecule has 0 amide bonds. The van der Waals surface area contributed by atoms with Crippen molar-refractivity contribution in [2.75, 3.05) is 19.6 Å². The number of aliphatic hydroxyl groups excluding tert-OH is 1. The molecule has 0 radical (unpaired) electrons. The molecule has 0 bridgehead atoms. The van der Waals surface area contributed by atoms with Crippen LogP contribution in [0, 0.1) is 0 Å². The van der Waals surface area contributed by atoms with Crippen LogP contribution in [-0.4, -0.2) is 55.2 Å². The van der Waals surface area contributed by atoms with Crippen LogP contribution in [0.4, 0.5) is 0 Å². The summed E-state index contributed by atoms with van der Waals surface area (Å²) in [5.74, 6) is -0.814. The zero-order chi connectivity index (χ0) is 26.4. The second-order valence-corrected chi connectivity index (χ2v) is 11.7. The number of aliphatic carboxylic acids is 1. The van der Waals surface area contributed by atoms with Gasteiger partial charge in [-0.25, -0.2) is 8.42 Å². The minimum Gasteiger partial charge on any atom is -0.480 e. The van der Waals surface area contributed by atoms with E-state index in [0.717, 1.165) is 29.7 Å². The lowest BCUT2D eigenvalue weighted by atomic mass is 10.1. The number of halogens is 3. The molecule has 3 aromatic carbocycles. The van der Waals surface area contributed by atoms with Gasteiger partial charge in [-0.2, -0.15) is 0 Å². The van der Waals surface area contributed by atoms with Gasteiger partial charge in [0.15, 0.2) is 0 Å². The van der Waals surface area contributed by atoms with Crippen molar-refractivity contribution in [1.29, 1.82) is 0 Å². The van der Waals surface area contributed by atoms with E-state index in [4.69, 9.17) is 11.6 Å². The lowest BCUT2D eigenvalue weighted by molar-refractivity contribution is -0.142. The topological polar surface area (TPSA) is 107 Å². The summed E-state index contributed by atoms with van der Waals surface area (Å²) < 4.78 is 26.2. The molecule has 212 valence electrons. The first-order valence-corrected chi connectivity index (χ1v) is 14.1. The fourth-order valence-electron chi connectivity index (χ4n) is 4.58. The first-order valence-electron chi connectivity index (χ1n) is 12.3. The fraction of sp³-hybridized carbons (Fsp3) is 0.321. The third-order valence-electron chi connectivity index (χ3n) is 6.66. The number of hydrogen-bond acceptors (Lipinski definition) is 6. The Hall–Kier alpha value is -2.17. The number of sulfone groups is 1. The molecule has 1 aliphatic rings. The van der Waals surface area contributed by atoms with Crippen molar-refractivity contribution in [2.24, 2.45) is 0 Å². The Morgan fingerprint density at radius 2 is 1.62 bits per heavy atom. The normalized spacial score (nSPS) is 16.2. The van der Waals surface area contributed by atoms with Crippen LogP contribution < -0.4 is 5.32 Å². The fourth-order valence-corrected chi connectivity index (χ4v) is 6.04. The van der Waals surface area contributed by atoms with E-state index in [1.54, 1.807) is 66.7 Å². The molecule has 4 rings (SSSR count). The van der Waals surface area contributed by atoms with Crippen LogP contribution in [0.3, 0.4) is 0 Å². The summed E-state index contributed by atoms with van der Waals surface area (Å²) in [6.45, 7) is 2.22. The van der Waals surface area contributed by atoms with Crippen LogP contribution in [-0.2, 0) is 27.6 Å². The number of hydrogen-bond donors (Lipinski definition) is 3. The summed E-state index contributed by atoms with van der Waals surface area (Å²) >= 11 is 5.97. The highest BCUT2D eigenvalue weighted by atomic mass is 35.5. The van der Waals surface area contributed by atoms with E-state index in [0.29, 0.717) is 37.5 Å². The van der Waals surface area contributed by atoms with E-state index in [2.05, 4.69) is 5.32 Å². The molecular weight excluding hydrogens is 583 g/mol. The molecule has 0 unspecified atom stereocenters. The second-order valence-electron chi connectivity index (χ2n) is 9.28. The van der Waals surface area contributed by atoms with Crippen LogP contribution in [0.25, 0.3) is 0 Å². The van der Waals surface area contributed by atoms with Gasteiger partial charge in [-0.15, -0.1) is 24.8 Å². The van der Waals surface area contributed by atoms with Gasteiger partial charge in [0.25, 0.3) is 0 Å². The molecule has 39 heavy (non-hydrogen) atoms. The average Bonchev–Trinajstić information content (AvgIpc) is 3.35. The number of carboxylic acids is 1. The third-order valence-corrected chi connectivity index (χ3v) is 8.68. The molecule has 7 nitrogen and oxygen atoms in total. The van der Waals surface area contributed by atoms with E-state index in [-0.39, 0.29) is 34.6 Å². The van der Waals surface area contributed by atoms with Crippen molar-refractivity contribution in [3.05, 3.63) is 94.5 Å². The Labute approximate surface area is 246 Å². The molecule has 11 heteroatoms. The Morgan fingerprint density at radius 1 is 1.00 bits per heavy atom. The molecular formula is C28H33Cl3N2O5S. The third kappa shape index (κ3) is 8.66. The van der Waals surface area contributed by atoms with E-state index in [1.807, 2.05) is 11.0 Å². The monoisotopic (exact) mass is 614 g/mol. The number of nitrogens with one attached hydrogen (secondary N) is 1. The number of carboxylic acid groups (broad SMARTS) is 1. The molecule has 3 N–H and O–H groups in total. The molecule has 0 saturated carbocycles. The maximum atomic E-state index is 13.1. The van der Waals surface area contributed by atoms with Crippen LogP contribution in [0.2, 0.25) is 5.02 Å². The van der Waals surface area contributed by atoms with E-state index in [9.17, 15) is 23.4 Å².